The molecular formula is C10H17N5O. The Labute approximate surface area is 94.7 Å². The van der Waals surface area contributed by atoms with Crippen LogP contribution in [-0.2, 0) is 4.79 Å². The van der Waals surface area contributed by atoms with Gasteiger partial charge in [-0.05, 0) is 13.8 Å². The Balaban J connectivity index is 2.77. The lowest BCUT2D eigenvalue weighted by Gasteiger charge is -2.15. The van der Waals surface area contributed by atoms with Crippen LogP contribution in [0.5, 0.6) is 0 Å². The van der Waals surface area contributed by atoms with Crippen LogP contribution in [0, 0.1) is 6.92 Å². The number of carbonyl (C=O) groups excluding carboxylic acids is 1. The zero-order valence-electron chi connectivity index (χ0n) is 9.74. The predicted molar refractivity (Wildman–Crippen MR) is 63.2 cm³/mol. The maximum absolute atomic E-state index is 10.7. The van der Waals surface area contributed by atoms with Crippen molar-refractivity contribution in [1.29, 1.82) is 0 Å². The summed E-state index contributed by atoms with van der Waals surface area (Å²) >= 11 is 0. The van der Waals surface area contributed by atoms with Crippen molar-refractivity contribution in [3.63, 3.8) is 0 Å². The monoisotopic (exact) mass is 223 g/mol. The Morgan fingerprint density at radius 3 is 2.69 bits per heavy atom. The second-order valence-corrected chi connectivity index (χ2v) is 3.66. The van der Waals surface area contributed by atoms with Gasteiger partial charge < -0.3 is 16.4 Å². The minimum absolute atomic E-state index is 0.0455. The molecule has 1 amide bonds. The maximum Gasteiger partial charge on any atom is 0.219 e. The highest BCUT2D eigenvalue weighted by atomic mass is 16.1. The highest BCUT2D eigenvalue weighted by Gasteiger charge is 2.10. The Hall–Kier alpha value is -1.85. The van der Waals surface area contributed by atoms with Crippen LogP contribution in [-0.4, -0.2) is 29.0 Å². The second-order valence-electron chi connectivity index (χ2n) is 3.66. The first-order valence-corrected chi connectivity index (χ1v) is 5.08. The van der Waals surface area contributed by atoms with E-state index in [4.69, 9.17) is 5.73 Å². The largest absolute Gasteiger partial charge is 0.373 e. The number of hydrogen-bond donors (Lipinski definition) is 3. The number of aromatic nitrogens is 2. The molecule has 88 valence electrons. The summed E-state index contributed by atoms with van der Waals surface area (Å²) in [4.78, 5) is 18.9. The van der Waals surface area contributed by atoms with Crippen molar-refractivity contribution in [3.8, 4) is 0 Å². The first kappa shape index (κ1) is 12.2. The fraction of sp³-hybridized carbons (Fsp3) is 0.500. The molecule has 6 nitrogen and oxygen atoms in total. The van der Waals surface area contributed by atoms with Crippen LogP contribution in [0.4, 0.5) is 11.6 Å². The number of primary amides is 1. The Kier molecular flexibility index (Phi) is 4.04. The van der Waals surface area contributed by atoms with Crippen LogP contribution in [0.1, 0.15) is 18.9 Å². The van der Waals surface area contributed by atoms with Crippen LogP contribution in [0.2, 0.25) is 0 Å². The van der Waals surface area contributed by atoms with Gasteiger partial charge in [-0.15, -0.1) is 0 Å². The number of nitrogens with one attached hydrogen (secondary N) is 2. The molecule has 0 aliphatic rings. The topological polar surface area (TPSA) is 92.9 Å². The number of nitrogens with zero attached hydrogens (tertiary/aromatic N) is 2. The third kappa shape index (κ3) is 3.08. The molecule has 1 aromatic heterocycles. The summed E-state index contributed by atoms with van der Waals surface area (Å²) in [5.74, 6) is 1.15. The predicted octanol–water partition coefficient (Wildman–Crippen LogP) is 0.503. The van der Waals surface area contributed by atoms with Gasteiger partial charge in [0.2, 0.25) is 5.91 Å². The molecule has 0 aliphatic carbocycles. The summed E-state index contributed by atoms with van der Waals surface area (Å²) in [7, 11) is 1.80. The molecule has 0 saturated carbocycles. The van der Waals surface area contributed by atoms with Crippen molar-refractivity contribution < 1.29 is 4.79 Å². The van der Waals surface area contributed by atoms with Gasteiger partial charge in [-0.1, -0.05) is 0 Å². The summed E-state index contributed by atoms with van der Waals surface area (Å²) in [5, 5.41) is 6.09. The summed E-state index contributed by atoms with van der Waals surface area (Å²) in [6, 6.07) is -0.0455. The molecule has 0 spiro atoms. The second kappa shape index (κ2) is 5.29. The van der Waals surface area contributed by atoms with Crippen LogP contribution in [0.25, 0.3) is 0 Å². The number of hydrogen-bond acceptors (Lipinski definition) is 5. The lowest BCUT2D eigenvalue weighted by molar-refractivity contribution is -0.118. The summed E-state index contributed by atoms with van der Waals surface area (Å²) < 4.78 is 0. The van der Waals surface area contributed by atoms with Crippen LogP contribution < -0.4 is 16.4 Å². The summed E-state index contributed by atoms with van der Waals surface area (Å²) in [5.41, 5.74) is 6.03. The van der Waals surface area contributed by atoms with Gasteiger partial charge >= 0.3 is 0 Å². The van der Waals surface area contributed by atoms with Gasteiger partial charge in [0.05, 0.1) is 0 Å². The van der Waals surface area contributed by atoms with Gasteiger partial charge in [0, 0.05) is 25.1 Å². The third-order valence-electron chi connectivity index (χ3n) is 2.21. The average molecular weight is 223 g/mol. The summed E-state index contributed by atoms with van der Waals surface area (Å²) in [6.45, 7) is 3.79. The Morgan fingerprint density at radius 2 is 2.12 bits per heavy atom. The van der Waals surface area contributed by atoms with Crippen molar-refractivity contribution in [3.05, 3.63) is 11.9 Å². The molecule has 0 saturated heterocycles. The smallest absolute Gasteiger partial charge is 0.219 e. The molecule has 0 bridgehead atoms. The van der Waals surface area contributed by atoms with E-state index in [0.29, 0.717) is 5.82 Å². The van der Waals surface area contributed by atoms with E-state index in [1.54, 1.807) is 7.05 Å². The molecule has 0 aromatic carbocycles. The van der Waals surface area contributed by atoms with Gasteiger partial charge in [-0.3, -0.25) is 4.79 Å². The Morgan fingerprint density at radius 1 is 1.50 bits per heavy atom. The van der Waals surface area contributed by atoms with Crippen molar-refractivity contribution >= 4 is 17.5 Å². The molecule has 6 heteroatoms. The van der Waals surface area contributed by atoms with Crippen LogP contribution in [0.3, 0.4) is 0 Å². The maximum atomic E-state index is 10.7. The van der Waals surface area contributed by atoms with E-state index < -0.39 is 0 Å². The van der Waals surface area contributed by atoms with Gasteiger partial charge in [-0.2, -0.15) is 0 Å². The zero-order chi connectivity index (χ0) is 12.1. The number of anilines is 2. The quantitative estimate of drug-likeness (QED) is 0.676. The molecule has 0 radical (unpaired) electrons. The highest BCUT2D eigenvalue weighted by Crippen LogP contribution is 2.18. The van der Waals surface area contributed by atoms with Crippen LogP contribution >= 0.6 is 0 Å². The normalized spacial score (nSPS) is 11.9. The lowest BCUT2D eigenvalue weighted by atomic mass is 10.2. The number of carbonyl (C=O) groups is 1. The van der Waals surface area contributed by atoms with Crippen molar-refractivity contribution in [1.82, 2.24) is 9.97 Å². The molecule has 1 heterocycles. The third-order valence-corrected chi connectivity index (χ3v) is 2.21. The van der Waals surface area contributed by atoms with E-state index in [2.05, 4.69) is 20.6 Å². The van der Waals surface area contributed by atoms with E-state index in [1.807, 2.05) is 13.8 Å². The molecule has 1 aromatic rings. The van der Waals surface area contributed by atoms with E-state index in [0.717, 1.165) is 11.4 Å². The molecule has 0 fully saturated rings. The first-order chi connectivity index (χ1) is 7.54. The lowest BCUT2D eigenvalue weighted by Crippen LogP contribution is -2.25. The van der Waals surface area contributed by atoms with Gasteiger partial charge in [0.1, 0.15) is 18.0 Å². The molecular weight excluding hydrogens is 206 g/mol. The number of nitrogens with two attached hydrogens (primary N) is 1. The molecule has 1 atom stereocenters. The van der Waals surface area contributed by atoms with Gasteiger partial charge in [-0.25, -0.2) is 9.97 Å². The summed E-state index contributed by atoms with van der Waals surface area (Å²) in [6.07, 6.45) is 1.75. The molecule has 0 aliphatic heterocycles. The standard InChI is InChI=1S/C10H17N5O/c1-6(4-8(11)16)15-10-7(2)9(12-3)13-5-14-10/h5-6H,4H2,1-3H3,(H2,11,16)(H2,12,13,14,15). The highest BCUT2D eigenvalue weighted by molar-refractivity contribution is 5.75. The molecule has 1 rings (SSSR count). The fourth-order valence-electron chi connectivity index (χ4n) is 1.43. The van der Waals surface area contributed by atoms with Crippen molar-refractivity contribution in [2.75, 3.05) is 17.7 Å². The molecule has 4 N–H and O–H groups in total. The van der Waals surface area contributed by atoms with E-state index in [-0.39, 0.29) is 18.4 Å². The minimum atomic E-state index is -0.333. The van der Waals surface area contributed by atoms with E-state index in [9.17, 15) is 4.79 Å². The fourth-order valence-corrected chi connectivity index (χ4v) is 1.43. The average Bonchev–Trinajstić information content (AvgIpc) is 2.20. The SMILES string of the molecule is CNc1ncnc(NC(C)CC(N)=O)c1C. The minimum Gasteiger partial charge on any atom is -0.373 e. The van der Waals surface area contributed by atoms with E-state index >= 15 is 0 Å². The van der Waals surface area contributed by atoms with Gasteiger partial charge in [0.15, 0.2) is 0 Å². The van der Waals surface area contributed by atoms with Crippen molar-refractivity contribution in [2.45, 2.75) is 26.3 Å². The van der Waals surface area contributed by atoms with Crippen LogP contribution in [0.15, 0.2) is 6.33 Å². The number of amides is 1. The zero-order valence-corrected chi connectivity index (χ0v) is 9.74. The molecule has 16 heavy (non-hydrogen) atoms. The van der Waals surface area contributed by atoms with Crippen molar-refractivity contribution in [2.24, 2.45) is 5.73 Å². The Bertz CT molecular complexity index is 379. The van der Waals surface area contributed by atoms with E-state index in [1.165, 1.54) is 6.33 Å². The number of rotatable bonds is 5. The van der Waals surface area contributed by atoms with Gasteiger partial charge in [0.25, 0.3) is 0 Å². The first-order valence-electron chi connectivity index (χ1n) is 5.08. The molecule has 1 unspecified atom stereocenters.